The van der Waals surface area contributed by atoms with Crippen LogP contribution in [0.25, 0.3) is 22.3 Å². The van der Waals surface area contributed by atoms with Gasteiger partial charge in [-0.3, -0.25) is 0 Å². The summed E-state index contributed by atoms with van der Waals surface area (Å²) >= 11 is 0. The van der Waals surface area contributed by atoms with E-state index in [-0.39, 0.29) is 23.9 Å². The molecule has 6 heteroatoms. The van der Waals surface area contributed by atoms with Gasteiger partial charge >= 0.3 is 11.9 Å². The molecule has 4 aromatic rings. The summed E-state index contributed by atoms with van der Waals surface area (Å²) in [5.41, 5.74) is 6.32. The van der Waals surface area contributed by atoms with Gasteiger partial charge in [-0.1, -0.05) is 13.2 Å². The van der Waals surface area contributed by atoms with E-state index in [1.165, 1.54) is 17.2 Å². The Hall–Kier alpha value is -3.54. The molecule has 4 heterocycles. The van der Waals surface area contributed by atoms with Crippen molar-refractivity contribution >= 4 is 34.3 Å². The quantitative estimate of drug-likeness (QED) is 0.189. The Labute approximate surface area is 215 Å². The average Bonchev–Trinajstić information content (AvgIpc) is 3.71. The molecule has 2 fully saturated rings. The number of benzene rings is 2. The van der Waals surface area contributed by atoms with E-state index in [4.69, 9.17) is 18.3 Å². The Morgan fingerprint density at radius 3 is 2.68 bits per heavy atom. The third-order valence-corrected chi connectivity index (χ3v) is 8.35. The maximum Gasteiger partial charge on any atom is 0.333 e. The molecular weight excluding hydrogens is 468 g/mol. The Bertz CT molecular complexity index is 1460. The lowest BCUT2D eigenvalue weighted by atomic mass is 9.71. The van der Waals surface area contributed by atoms with Crippen molar-refractivity contribution in [1.29, 1.82) is 0 Å². The smallest absolute Gasteiger partial charge is 0.333 e. The second-order valence-electron chi connectivity index (χ2n) is 10.9. The van der Waals surface area contributed by atoms with E-state index in [2.05, 4.69) is 25.3 Å². The molecule has 192 valence electrons. The van der Waals surface area contributed by atoms with Crippen LogP contribution < -0.4 is 0 Å². The first kappa shape index (κ1) is 23.8. The summed E-state index contributed by atoms with van der Waals surface area (Å²) in [6.07, 6.45) is 8.22. The highest BCUT2D eigenvalue weighted by molar-refractivity contribution is 5.87. The molecule has 4 unspecified atom stereocenters. The highest BCUT2D eigenvalue weighted by Crippen LogP contribution is 2.51. The summed E-state index contributed by atoms with van der Waals surface area (Å²) in [4.78, 5) is 24.6. The molecule has 2 aliphatic carbocycles. The molecule has 0 aliphatic heterocycles. The predicted octanol–water partition coefficient (Wildman–Crippen LogP) is 7.17. The van der Waals surface area contributed by atoms with Crippen molar-refractivity contribution in [3.05, 3.63) is 71.8 Å². The molecule has 0 radical (unpaired) electrons. The lowest BCUT2D eigenvalue weighted by Crippen LogP contribution is -2.36. The van der Waals surface area contributed by atoms with Crippen LogP contribution in [0.15, 0.2) is 64.0 Å². The molecule has 37 heavy (non-hydrogen) atoms. The largest absolute Gasteiger partial charge is 0.459 e. The summed E-state index contributed by atoms with van der Waals surface area (Å²) in [6, 6.07) is 10.1. The first-order valence-electron chi connectivity index (χ1n) is 13.2. The van der Waals surface area contributed by atoms with E-state index in [1.807, 2.05) is 18.2 Å². The van der Waals surface area contributed by atoms with E-state index < -0.39 is 11.6 Å². The lowest BCUT2D eigenvalue weighted by Gasteiger charge is -2.40. The van der Waals surface area contributed by atoms with E-state index in [0.29, 0.717) is 12.0 Å². The normalized spacial score (nSPS) is 26.1. The van der Waals surface area contributed by atoms with Gasteiger partial charge in [0.25, 0.3) is 0 Å². The van der Waals surface area contributed by atoms with Crippen molar-refractivity contribution in [1.82, 2.24) is 0 Å². The number of furan rings is 4. The van der Waals surface area contributed by atoms with Crippen LogP contribution in [-0.4, -0.2) is 18.0 Å². The van der Waals surface area contributed by atoms with Gasteiger partial charge in [-0.05, 0) is 100 Å². The molecular formula is C31H32O6. The predicted molar refractivity (Wildman–Crippen MR) is 140 cm³/mol. The van der Waals surface area contributed by atoms with Crippen LogP contribution in [0.1, 0.15) is 74.5 Å². The zero-order valence-electron chi connectivity index (χ0n) is 21.2. The van der Waals surface area contributed by atoms with Crippen molar-refractivity contribution < 1.29 is 27.9 Å². The van der Waals surface area contributed by atoms with Crippen LogP contribution in [0.4, 0.5) is 0 Å². The zero-order valence-corrected chi connectivity index (χ0v) is 21.2. The molecule has 2 saturated carbocycles. The number of hydrogen-bond acceptors (Lipinski definition) is 6. The Morgan fingerprint density at radius 2 is 1.97 bits per heavy atom. The number of ether oxygens (including phenoxy) is 2. The van der Waals surface area contributed by atoms with Gasteiger partial charge < -0.3 is 18.3 Å². The van der Waals surface area contributed by atoms with Gasteiger partial charge in [0.05, 0.1) is 0 Å². The minimum atomic E-state index is -0.763. The molecule has 0 aromatic carbocycles. The fourth-order valence-electron chi connectivity index (χ4n) is 6.62. The lowest BCUT2D eigenvalue weighted by molar-refractivity contribution is -0.159. The van der Waals surface area contributed by atoms with Crippen molar-refractivity contribution in [2.45, 2.75) is 75.9 Å². The monoisotopic (exact) mass is 500 g/mol. The molecule has 2 aliphatic rings. The van der Waals surface area contributed by atoms with Gasteiger partial charge in [-0.2, -0.15) is 0 Å². The number of fused-ring (bicyclic) bond motifs is 4. The van der Waals surface area contributed by atoms with Crippen LogP contribution in [0.3, 0.4) is 0 Å². The van der Waals surface area contributed by atoms with Gasteiger partial charge in [0.15, 0.2) is 0 Å². The van der Waals surface area contributed by atoms with Gasteiger partial charge in [0.2, 0.25) is 0 Å². The topological polar surface area (TPSA) is 78.9 Å². The maximum absolute atomic E-state index is 12.5. The van der Waals surface area contributed by atoms with Crippen LogP contribution in [0, 0.1) is 5.92 Å². The van der Waals surface area contributed by atoms with Gasteiger partial charge in [0, 0.05) is 28.7 Å². The Balaban J connectivity index is 1.27. The summed E-state index contributed by atoms with van der Waals surface area (Å²) < 4.78 is 23.9. The maximum atomic E-state index is 12.5. The van der Waals surface area contributed by atoms with Crippen LogP contribution >= 0.6 is 0 Å². The van der Waals surface area contributed by atoms with Gasteiger partial charge in [-0.15, -0.1) is 0 Å². The molecule has 4 atom stereocenters. The molecule has 6 rings (SSSR count). The second kappa shape index (κ2) is 9.09. The minimum Gasteiger partial charge on any atom is -0.459 e. The summed E-state index contributed by atoms with van der Waals surface area (Å²) in [5, 5.41) is 0. The zero-order chi connectivity index (χ0) is 25.7. The average molecular weight is 501 g/mol. The molecule has 4 aromatic heterocycles. The van der Waals surface area contributed by atoms with E-state index in [1.54, 1.807) is 6.92 Å². The molecule has 0 saturated heterocycles. The van der Waals surface area contributed by atoms with E-state index in [9.17, 15) is 9.59 Å². The van der Waals surface area contributed by atoms with E-state index in [0.717, 1.165) is 72.8 Å². The number of hydrogen-bond donors (Lipinski definition) is 0. The molecule has 4 bridgehead atoms. The third-order valence-electron chi connectivity index (χ3n) is 8.35. The van der Waals surface area contributed by atoms with Crippen molar-refractivity contribution in [3.63, 3.8) is 0 Å². The summed E-state index contributed by atoms with van der Waals surface area (Å²) in [5.74, 6) is -0.286. The SMILES string of the molecule is C=CC(=O)OC1(c2cc3ccc2o3)CCCC(c2cc3cc(CC4CCCC4OC(=O)C(=C)C)c2o3)C1. The molecule has 0 spiro atoms. The molecule has 0 amide bonds. The minimum absolute atomic E-state index is 0.0878. The van der Waals surface area contributed by atoms with Crippen LogP contribution in [0.2, 0.25) is 0 Å². The van der Waals surface area contributed by atoms with Gasteiger partial charge in [0.1, 0.15) is 34.0 Å². The highest BCUT2D eigenvalue weighted by atomic mass is 16.6. The number of rotatable bonds is 8. The molecule has 0 N–H and O–H groups in total. The number of carbonyl (C=O) groups is 2. The van der Waals surface area contributed by atoms with Crippen LogP contribution in [-0.2, 0) is 31.1 Å². The van der Waals surface area contributed by atoms with Crippen molar-refractivity contribution in [3.8, 4) is 0 Å². The third kappa shape index (κ3) is 4.22. The number of esters is 2. The first-order chi connectivity index (χ1) is 17.8. The highest BCUT2D eigenvalue weighted by Gasteiger charge is 2.45. The van der Waals surface area contributed by atoms with Crippen molar-refractivity contribution in [2.75, 3.05) is 0 Å². The Morgan fingerprint density at radius 1 is 1.11 bits per heavy atom. The fraction of sp³-hybridized carbons (Fsp3) is 0.419. The standard InChI is InChI=1S/C31H32O6/c1-4-28(32)37-31(25-16-22-10-11-27(25)34-22)12-6-8-20(17-31)24-15-23-14-21(29(24)35-23)13-19-7-5-9-26(19)36-30(33)18(2)3/h4,10-11,14-16,19-20,26H,1-2,5-9,12-13,17H2,3H3. The first-order valence-corrected chi connectivity index (χ1v) is 13.2. The van der Waals surface area contributed by atoms with E-state index >= 15 is 0 Å². The van der Waals surface area contributed by atoms with Gasteiger partial charge in [-0.25, -0.2) is 9.59 Å². The van der Waals surface area contributed by atoms with Crippen LogP contribution in [0.5, 0.6) is 0 Å². The second-order valence-corrected chi connectivity index (χ2v) is 10.9. The Kier molecular flexibility index (Phi) is 5.85. The molecule has 6 nitrogen and oxygen atoms in total. The number of carbonyl (C=O) groups excluding carboxylic acids is 2. The summed E-state index contributed by atoms with van der Waals surface area (Å²) in [7, 11) is 0. The summed E-state index contributed by atoms with van der Waals surface area (Å²) in [6.45, 7) is 9.02. The fourth-order valence-corrected chi connectivity index (χ4v) is 6.62. The van der Waals surface area contributed by atoms with Crippen molar-refractivity contribution in [2.24, 2.45) is 5.92 Å².